The lowest BCUT2D eigenvalue weighted by Gasteiger charge is -2.36. The van der Waals surface area contributed by atoms with Gasteiger partial charge in [0.05, 0.1) is 6.07 Å². The predicted octanol–water partition coefficient (Wildman–Crippen LogP) is 2.14. The first-order valence-corrected chi connectivity index (χ1v) is 7.06. The van der Waals surface area contributed by atoms with E-state index in [0.29, 0.717) is 12.0 Å². The minimum Gasteiger partial charge on any atom is -0.301 e. The highest BCUT2D eigenvalue weighted by Crippen LogP contribution is 2.40. The Balaban J connectivity index is 2.03. The van der Waals surface area contributed by atoms with Gasteiger partial charge in [0, 0.05) is 12.6 Å². The molecule has 2 atom stereocenters. The van der Waals surface area contributed by atoms with Gasteiger partial charge in [-0.3, -0.25) is 4.90 Å². The van der Waals surface area contributed by atoms with Crippen molar-refractivity contribution in [1.29, 1.82) is 5.26 Å². The topological polar surface area (TPSA) is 39.1 Å². The molecule has 1 aliphatic heterocycles. The molecular weight excluding hydrogens is 210 g/mol. The third kappa shape index (κ3) is 2.81. The highest BCUT2D eigenvalue weighted by Gasteiger charge is 2.46. The second-order valence-corrected chi connectivity index (χ2v) is 5.78. The largest absolute Gasteiger partial charge is 0.301 e. The predicted molar refractivity (Wildman–Crippen MR) is 69.6 cm³/mol. The van der Waals surface area contributed by atoms with Gasteiger partial charge in [0.1, 0.15) is 5.54 Å². The first-order chi connectivity index (χ1) is 8.22. The van der Waals surface area contributed by atoms with Crippen molar-refractivity contribution < 1.29 is 0 Å². The first-order valence-electron chi connectivity index (χ1n) is 7.06. The van der Waals surface area contributed by atoms with Crippen molar-refractivity contribution in [1.82, 2.24) is 10.2 Å². The van der Waals surface area contributed by atoms with E-state index in [0.717, 1.165) is 6.54 Å². The Morgan fingerprint density at radius 2 is 2.06 bits per heavy atom. The second-order valence-electron chi connectivity index (χ2n) is 5.78. The molecule has 0 aromatic heterocycles. The fourth-order valence-electron chi connectivity index (χ4n) is 3.06. The minimum atomic E-state index is -0.293. The number of hydrogen-bond donors (Lipinski definition) is 1. The van der Waals surface area contributed by atoms with E-state index >= 15 is 0 Å². The Morgan fingerprint density at radius 1 is 1.29 bits per heavy atom. The third-order valence-corrected chi connectivity index (χ3v) is 4.56. The number of hydrogen-bond acceptors (Lipinski definition) is 3. The summed E-state index contributed by atoms with van der Waals surface area (Å²) in [6.45, 7) is 4.39. The average molecular weight is 235 g/mol. The van der Waals surface area contributed by atoms with Gasteiger partial charge in [0.25, 0.3) is 0 Å². The maximum Gasteiger partial charge on any atom is 0.122 e. The number of nitrogens with one attached hydrogen (secondary N) is 1. The van der Waals surface area contributed by atoms with Gasteiger partial charge in [-0.15, -0.1) is 0 Å². The van der Waals surface area contributed by atoms with E-state index in [1.165, 1.54) is 45.1 Å². The maximum atomic E-state index is 9.54. The van der Waals surface area contributed by atoms with Crippen molar-refractivity contribution in [3.05, 3.63) is 0 Å². The van der Waals surface area contributed by atoms with Gasteiger partial charge in [0.2, 0.25) is 0 Å². The van der Waals surface area contributed by atoms with Crippen molar-refractivity contribution in [3.63, 3.8) is 0 Å². The zero-order valence-corrected chi connectivity index (χ0v) is 11.2. The van der Waals surface area contributed by atoms with E-state index in [9.17, 15) is 5.26 Å². The lowest BCUT2D eigenvalue weighted by Crippen LogP contribution is -2.54. The van der Waals surface area contributed by atoms with Crippen molar-refractivity contribution in [2.45, 2.75) is 57.0 Å². The average Bonchev–Trinajstić information content (AvgIpc) is 3.16. The van der Waals surface area contributed by atoms with E-state index < -0.39 is 0 Å². The summed E-state index contributed by atoms with van der Waals surface area (Å²) < 4.78 is 0. The lowest BCUT2D eigenvalue weighted by molar-refractivity contribution is 0.160. The van der Waals surface area contributed by atoms with Crippen molar-refractivity contribution in [2.75, 3.05) is 20.1 Å². The van der Waals surface area contributed by atoms with E-state index in [2.05, 4.69) is 23.2 Å². The SMILES string of the molecule is CNC(C#N)(CN1CCCCCC1C)C1CC1. The van der Waals surface area contributed by atoms with Crippen LogP contribution in [-0.4, -0.2) is 36.6 Å². The van der Waals surface area contributed by atoms with E-state index in [-0.39, 0.29) is 5.54 Å². The molecule has 1 N–H and O–H groups in total. The van der Waals surface area contributed by atoms with Crippen LogP contribution in [0, 0.1) is 17.2 Å². The summed E-state index contributed by atoms with van der Waals surface area (Å²) in [4.78, 5) is 2.53. The number of nitriles is 1. The molecule has 2 fully saturated rings. The Labute approximate surface area is 105 Å². The summed E-state index contributed by atoms with van der Waals surface area (Å²) in [6, 6.07) is 3.20. The van der Waals surface area contributed by atoms with Gasteiger partial charge in [0.15, 0.2) is 0 Å². The molecule has 0 aromatic rings. The molecular formula is C14H25N3. The monoisotopic (exact) mass is 235 g/mol. The minimum absolute atomic E-state index is 0.293. The lowest BCUT2D eigenvalue weighted by atomic mass is 9.93. The molecule has 2 unspecified atom stereocenters. The first kappa shape index (κ1) is 12.9. The molecule has 1 heterocycles. The molecule has 17 heavy (non-hydrogen) atoms. The number of likely N-dealkylation sites (N-methyl/N-ethyl adjacent to an activating group) is 1. The highest BCUT2D eigenvalue weighted by molar-refractivity contribution is 5.16. The summed E-state index contributed by atoms with van der Waals surface area (Å²) in [7, 11) is 1.95. The van der Waals surface area contributed by atoms with Crippen LogP contribution >= 0.6 is 0 Å². The van der Waals surface area contributed by atoms with Gasteiger partial charge in [-0.2, -0.15) is 5.26 Å². The molecule has 0 bridgehead atoms. The molecule has 0 amide bonds. The molecule has 0 spiro atoms. The Kier molecular flexibility index (Phi) is 4.06. The maximum absolute atomic E-state index is 9.54. The van der Waals surface area contributed by atoms with Crippen molar-refractivity contribution in [3.8, 4) is 6.07 Å². The summed E-state index contributed by atoms with van der Waals surface area (Å²) >= 11 is 0. The van der Waals surface area contributed by atoms with Gasteiger partial charge < -0.3 is 5.32 Å². The fourth-order valence-corrected chi connectivity index (χ4v) is 3.06. The third-order valence-electron chi connectivity index (χ3n) is 4.56. The van der Waals surface area contributed by atoms with Crippen LogP contribution in [0.3, 0.4) is 0 Å². The van der Waals surface area contributed by atoms with Crippen molar-refractivity contribution >= 4 is 0 Å². The Hall–Kier alpha value is -0.590. The highest BCUT2D eigenvalue weighted by atomic mass is 15.2. The molecule has 2 rings (SSSR count). The summed E-state index contributed by atoms with van der Waals surface area (Å²) in [5.41, 5.74) is -0.293. The molecule has 96 valence electrons. The normalized spacial score (nSPS) is 30.3. The van der Waals surface area contributed by atoms with Crippen molar-refractivity contribution in [2.24, 2.45) is 5.92 Å². The summed E-state index contributed by atoms with van der Waals surface area (Å²) in [5.74, 6) is 0.577. The fraction of sp³-hybridized carbons (Fsp3) is 0.929. The van der Waals surface area contributed by atoms with Crippen LogP contribution in [0.25, 0.3) is 0 Å². The number of rotatable bonds is 4. The van der Waals surface area contributed by atoms with Crippen LogP contribution in [0.1, 0.15) is 45.4 Å². The Morgan fingerprint density at radius 3 is 2.65 bits per heavy atom. The molecule has 1 aliphatic carbocycles. The Bertz CT molecular complexity index is 292. The van der Waals surface area contributed by atoms with Gasteiger partial charge in [-0.25, -0.2) is 0 Å². The summed E-state index contributed by atoms with van der Waals surface area (Å²) in [5, 5.41) is 12.8. The van der Waals surface area contributed by atoms with Gasteiger partial charge in [-0.05, 0) is 52.1 Å². The van der Waals surface area contributed by atoms with Gasteiger partial charge >= 0.3 is 0 Å². The molecule has 1 saturated heterocycles. The molecule has 3 nitrogen and oxygen atoms in total. The molecule has 1 saturated carbocycles. The van der Waals surface area contributed by atoms with Crippen LogP contribution in [-0.2, 0) is 0 Å². The van der Waals surface area contributed by atoms with Crippen LogP contribution in [0.2, 0.25) is 0 Å². The zero-order valence-electron chi connectivity index (χ0n) is 11.2. The van der Waals surface area contributed by atoms with Crippen LogP contribution in [0.15, 0.2) is 0 Å². The van der Waals surface area contributed by atoms with Crippen LogP contribution in [0.4, 0.5) is 0 Å². The molecule has 3 heteroatoms. The number of nitrogens with zero attached hydrogens (tertiary/aromatic N) is 2. The molecule has 2 aliphatic rings. The van der Waals surface area contributed by atoms with E-state index in [1.54, 1.807) is 0 Å². The zero-order chi connectivity index (χ0) is 12.3. The van der Waals surface area contributed by atoms with Gasteiger partial charge in [-0.1, -0.05) is 12.8 Å². The van der Waals surface area contributed by atoms with E-state index in [4.69, 9.17) is 0 Å². The smallest absolute Gasteiger partial charge is 0.122 e. The van der Waals surface area contributed by atoms with E-state index in [1.807, 2.05) is 7.05 Å². The molecule has 0 radical (unpaired) electrons. The standard InChI is InChI=1S/C14H25N3/c1-12-6-4-3-5-9-17(12)11-14(10-15,16-2)13-7-8-13/h12-13,16H,3-9,11H2,1-2H3. The van der Waals surface area contributed by atoms with Crippen LogP contribution < -0.4 is 5.32 Å². The molecule has 0 aromatic carbocycles. The second kappa shape index (κ2) is 5.37. The summed E-state index contributed by atoms with van der Waals surface area (Å²) in [6.07, 6.45) is 7.72. The quantitative estimate of drug-likeness (QED) is 0.811. The van der Waals surface area contributed by atoms with Crippen LogP contribution in [0.5, 0.6) is 0 Å². The number of likely N-dealkylation sites (tertiary alicyclic amines) is 1.